The van der Waals surface area contributed by atoms with Gasteiger partial charge in [0.15, 0.2) is 0 Å². The van der Waals surface area contributed by atoms with Gasteiger partial charge in [-0.3, -0.25) is 0 Å². The van der Waals surface area contributed by atoms with E-state index in [4.69, 9.17) is 4.74 Å². The van der Waals surface area contributed by atoms with Gasteiger partial charge in [-0.05, 0) is 24.6 Å². The molecule has 0 atom stereocenters. The largest absolute Gasteiger partial charge is 0.466 e. The van der Waals surface area contributed by atoms with Crippen molar-refractivity contribution < 1.29 is 17.9 Å². The quantitative estimate of drug-likeness (QED) is 0.251. The number of sulfonamides is 1. The summed E-state index contributed by atoms with van der Waals surface area (Å²) in [6, 6.07) is 26.3. The number of esters is 1. The number of carbonyl (C=O) groups excluding carboxylic acids is 1. The monoisotopic (exact) mass is 493 g/mol. The van der Waals surface area contributed by atoms with E-state index in [0.29, 0.717) is 0 Å². The lowest BCUT2D eigenvalue weighted by molar-refractivity contribution is -0.134. The number of ether oxygens (including phenoxy) is 1. The first kappa shape index (κ1) is 25.6. The molecule has 0 bridgehead atoms. The van der Waals surface area contributed by atoms with Crippen LogP contribution in [0, 0.1) is 6.92 Å². The molecule has 0 saturated carbocycles. The van der Waals surface area contributed by atoms with Crippen LogP contribution in [-0.4, -0.2) is 40.4 Å². The van der Waals surface area contributed by atoms with Crippen molar-refractivity contribution in [3.63, 3.8) is 0 Å². The minimum Gasteiger partial charge on any atom is -0.466 e. The molecule has 7 heteroatoms. The van der Waals surface area contributed by atoms with Crippen LogP contribution in [0.25, 0.3) is 0 Å². The highest BCUT2D eigenvalue weighted by molar-refractivity contribution is 7.89. The summed E-state index contributed by atoms with van der Waals surface area (Å²) in [7, 11) is -4.90. The molecule has 0 N–H and O–H groups in total. The summed E-state index contributed by atoms with van der Waals surface area (Å²) in [5, 5.41) is 1.88. The summed E-state index contributed by atoms with van der Waals surface area (Å²) in [5.41, 5.74) is 1.85. The molecule has 0 aromatic heterocycles. The van der Waals surface area contributed by atoms with Gasteiger partial charge in [0, 0.05) is 19.2 Å². The van der Waals surface area contributed by atoms with E-state index in [9.17, 15) is 13.2 Å². The van der Waals surface area contributed by atoms with Gasteiger partial charge >= 0.3 is 5.97 Å². The Morgan fingerprint density at radius 3 is 2.03 bits per heavy atom. The zero-order valence-electron chi connectivity index (χ0n) is 20.1. The van der Waals surface area contributed by atoms with E-state index >= 15 is 0 Å². The van der Waals surface area contributed by atoms with Crippen LogP contribution < -0.4 is 5.19 Å². The van der Waals surface area contributed by atoms with Gasteiger partial charge in [0.05, 0.1) is 12.0 Å². The van der Waals surface area contributed by atoms with E-state index in [-0.39, 0.29) is 18.0 Å². The van der Waals surface area contributed by atoms with E-state index in [2.05, 4.69) is 13.1 Å². The normalized spacial score (nSPS) is 12.6. The molecule has 3 aromatic carbocycles. The Labute approximate surface area is 203 Å². The Kier molecular flexibility index (Phi) is 8.25. The first-order chi connectivity index (χ1) is 16.1. The summed E-state index contributed by atoms with van der Waals surface area (Å²) in [5.74, 6) is -0.487. The van der Waals surface area contributed by atoms with Gasteiger partial charge in [-0.1, -0.05) is 102 Å². The molecule has 0 saturated heterocycles. The number of aryl methyl sites for hydroxylation is 1. The first-order valence-electron chi connectivity index (χ1n) is 11.1. The molecule has 0 fully saturated rings. The molecule has 0 aliphatic rings. The van der Waals surface area contributed by atoms with Gasteiger partial charge in [0.25, 0.3) is 0 Å². The summed E-state index contributed by atoms with van der Waals surface area (Å²) < 4.78 is 34.0. The fourth-order valence-corrected chi connectivity index (χ4v) is 7.71. The van der Waals surface area contributed by atoms with E-state index in [1.807, 2.05) is 67.6 Å². The molecule has 5 nitrogen and oxygen atoms in total. The minimum absolute atomic E-state index is 0.0916. The fraction of sp³-hybridized carbons (Fsp3) is 0.222. The van der Waals surface area contributed by atoms with E-state index in [1.54, 1.807) is 24.3 Å². The smallest absolute Gasteiger partial charge is 0.330 e. The number of benzene rings is 3. The molecule has 3 rings (SSSR count). The zero-order chi connectivity index (χ0) is 24.8. The molecule has 0 spiro atoms. The van der Waals surface area contributed by atoms with E-state index in [1.165, 1.54) is 17.5 Å². The van der Waals surface area contributed by atoms with Gasteiger partial charge in [-0.15, -0.1) is 0 Å². The Bertz CT molecular complexity index is 1240. The second kappa shape index (κ2) is 10.9. The van der Waals surface area contributed by atoms with Crippen LogP contribution in [0.3, 0.4) is 0 Å². The number of carbonyl (C=O) groups is 1. The molecule has 0 unspecified atom stereocenters. The van der Waals surface area contributed by atoms with Crippen LogP contribution in [0.4, 0.5) is 0 Å². The van der Waals surface area contributed by atoms with E-state index in [0.717, 1.165) is 21.5 Å². The van der Waals surface area contributed by atoms with Crippen molar-refractivity contribution in [2.45, 2.75) is 31.5 Å². The highest BCUT2D eigenvalue weighted by atomic mass is 32.2. The minimum atomic E-state index is -3.83. The molecule has 34 heavy (non-hydrogen) atoms. The van der Waals surface area contributed by atoms with Crippen molar-refractivity contribution in [3.8, 4) is 0 Å². The van der Waals surface area contributed by atoms with Crippen LogP contribution in [0.1, 0.15) is 11.1 Å². The Hall–Kier alpha value is -3.00. The van der Waals surface area contributed by atoms with Crippen LogP contribution in [0.5, 0.6) is 0 Å². The van der Waals surface area contributed by atoms with Crippen LogP contribution in [0.2, 0.25) is 13.1 Å². The average Bonchev–Trinajstić information content (AvgIpc) is 2.84. The number of nitrogens with zero attached hydrogens (tertiary/aromatic N) is 1. The van der Waals surface area contributed by atoms with Crippen molar-refractivity contribution in [3.05, 3.63) is 107 Å². The third kappa shape index (κ3) is 6.11. The van der Waals surface area contributed by atoms with Gasteiger partial charge in [-0.25, -0.2) is 13.2 Å². The molecule has 0 heterocycles. The standard InChI is InChI=1S/C27H31NO4SSi/c1-22-15-17-24(18-16-22)33(30,31)28(20-23-11-7-5-8-12-23)21-26(19-27(29)32-2)34(3,4)25-13-9-6-10-14-25/h5-19H,20-21H2,1-4H3/b26-19+. The third-order valence-corrected chi connectivity index (χ3v) is 11.5. The summed E-state index contributed by atoms with van der Waals surface area (Å²) >= 11 is 0. The third-order valence-electron chi connectivity index (χ3n) is 6.00. The predicted octanol–water partition coefficient (Wildman–Crippen LogP) is 4.44. The molecule has 3 aromatic rings. The van der Waals surface area contributed by atoms with Crippen molar-refractivity contribution in [1.29, 1.82) is 0 Å². The first-order valence-corrected chi connectivity index (χ1v) is 15.5. The lowest BCUT2D eigenvalue weighted by atomic mass is 10.2. The maximum atomic E-state index is 13.8. The highest BCUT2D eigenvalue weighted by Crippen LogP contribution is 2.24. The van der Waals surface area contributed by atoms with Crippen LogP contribution >= 0.6 is 0 Å². The second-order valence-electron chi connectivity index (χ2n) is 8.76. The molecular weight excluding hydrogens is 462 g/mol. The van der Waals surface area contributed by atoms with Gasteiger partial charge < -0.3 is 4.74 Å². The SMILES string of the molecule is COC(=O)/C=C(\CN(Cc1ccccc1)S(=O)(=O)c1ccc(C)cc1)[Si](C)(C)c1ccccc1. The average molecular weight is 494 g/mol. The predicted molar refractivity (Wildman–Crippen MR) is 139 cm³/mol. The van der Waals surface area contributed by atoms with Gasteiger partial charge in [-0.2, -0.15) is 4.31 Å². The maximum absolute atomic E-state index is 13.8. The molecule has 0 aliphatic carbocycles. The molecule has 178 valence electrons. The molecule has 0 amide bonds. The van der Waals surface area contributed by atoms with Crippen LogP contribution in [-0.2, 0) is 26.1 Å². The summed E-state index contributed by atoms with van der Waals surface area (Å²) in [4.78, 5) is 12.6. The fourth-order valence-electron chi connectivity index (χ4n) is 3.73. The van der Waals surface area contributed by atoms with Crippen molar-refractivity contribution >= 4 is 29.3 Å². The number of rotatable bonds is 9. The topological polar surface area (TPSA) is 63.7 Å². The lowest BCUT2D eigenvalue weighted by Gasteiger charge is -2.31. The Morgan fingerprint density at radius 1 is 0.912 bits per heavy atom. The van der Waals surface area contributed by atoms with Gasteiger partial charge in [0.1, 0.15) is 8.07 Å². The molecule has 0 aliphatic heterocycles. The van der Waals surface area contributed by atoms with Crippen molar-refractivity contribution in [1.82, 2.24) is 4.31 Å². The van der Waals surface area contributed by atoms with Crippen molar-refractivity contribution in [2.24, 2.45) is 0 Å². The lowest BCUT2D eigenvalue weighted by Crippen LogP contribution is -2.48. The zero-order valence-corrected chi connectivity index (χ0v) is 21.9. The Balaban J connectivity index is 2.10. The maximum Gasteiger partial charge on any atom is 0.330 e. The number of hydrogen-bond donors (Lipinski definition) is 0. The Morgan fingerprint density at radius 2 is 1.47 bits per heavy atom. The summed E-state index contributed by atoms with van der Waals surface area (Å²) in [6.07, 6.45) is 1.47. The highest BCUT2D eigenvalue weighted by Gasteiger charge is 2.34. The van der Waals surface area contributed by atoms with Crippen LogP contribution in [0.15, 0.2) is 101 Å². The van der Waals surface area contributed by atoms with Gasteiger partial charge in [0.2, 0.25) is 10.0 Å². The van der Waals surface area contributed by atoms with Crippen molar-refractivity contribution in [2.75, 3.05) is 13.7 Å². The van der Waals surface area contributed by atoms with E-state index < -0.39 is 24.1 Å². The molecule has 0 radical (unpaired) electrons. The summed E-state index contributed by atoms with van der Waals surface area (Å²) in [6.45, 7) is 6.44. The number of methoxy groups -OCH3 is 1. The molecular formula is C27H31NO4SSi. The second-order valence-corrected chi connectivity index (χ2v) is 15.2. The number of hydrogen-bond acceptors (Lipinski definition) is 4.